The number of nitrogens with zero attached hydrogens (tertiary/aromatic N) is 3. The van der Waals surface area contributed by atoms with Gasteiger partial charge >= 0.3 is 0 Å². The highest BCUT2D eigenvalue weighted by Gasteiger charge is 2.61. The summed E-state index contributed by atoms with van der Waals surface area (Å²) < 4.78 is 23.1. The van der Waals surface area contributed by atoms with E-state index in [-0.39, 0.29) is 35.4 Å². The summed E-state index contributed by atoms with van der Waals surface area (Å²) in [5.41, 5.74) is 0.985. The molecule has 3 saturated heterocycles. The number of hydrogen-bond donors (Lipinski definition) is 2. The van der Waals surface area contributed by atoms with Crippen LogP contribution in [0.25, 0.3) is 0 Å². The Labute approximate surface area is 281 Å². The minimum atomic E-state index is -1.33. The molecule has 1 aromatic carbocycles. The number of hydrogen-bond acceptors (Lipinski definition) is 9. The summed E-state index contributed by atoms with van der Waals surface area (Å²) in [5, 5.41) is 6.46. The van der Waals surface area contributed by atoms with Crippen molar-refractivity contribution in [2.75, 3.05) is 46.3 Å². The maximum atomic E-state index is 16.2. The Balaban J connectivity index is 1.08. The molecule has 1 amide bonds. The van der Waals surface area contributed by atoms with Gasteiger partial charge in [0.05, 0.1) is 35.9 Å². The van der Waals surface area contributed by atoms with Crippen LogP contribution in [-0.4, -0.2) is 127 Å². The number of benzene rings is 1. The van der Waals surface area contributed by atoms with Gasteiger partial charge in [0.15, 0.2) is 17.3 Å². The number of carbonyl (C=O) groups excluding carboxylic acids is 4. The molecular weight excluding hydrogens is 613 g/mol. The van der Waals surface area contributed by atoms with Crippen molar-refractivity contribution in [2.45, 2.75) is 93.9 Å². The Morgan fingerprint density at radius 2 is 1.65 bits per heavy atom. The molecule has 11 heteroatoms. The molecule has 4 aliphatic heterocycles. The molecule has 10 nitrogen and oxygen atoms in total. The van der Waals surface area contributed by atoms with Crippen LogP contribution in [0.1, 0.15) is 72.1 Å². The smallest absolute Gasteiger partial charge is 0.256 e. The van der Waals surface area contributed by atoms with Gasteiger partial charge in [-0.1, -0.05) is 24.3 Å². The van der Waals surface area contributed by atoms with E-state index in [1.54, 1.807) is 30.5 Å². The van der Waals surface area contributed by atoms with E-state index >= 15 is 4.39 Å². The molecule has 3 aliphatic carbocycles. The van der Waals surface area contributed by atoms with Crippen LogP contribution in [0.3, 0.4) is 0 Å². The molecule has 1 aromatic rings. The molecule has 2 N–H and O–H groups in total. The molecule has 0 bridgehead atoms. The van der Waals surface area contributed by atoms with Crippen molar-refractivity contribution < 1.29 is 28.3 Å². The fraction of sp³-hybridized carbons (Fsp3) is 0.676. The van der Waals surface area contributed by atoms with Gasteiger partial charge in [-0.2, -0.15) is 0 Å². The molecular formula is C37H48FN5O5. The highest BCUT2D eigenvalue weighted by Crippen LogP contribution is 2.49. The predicted octanol–water partition coefficient (Wildman–Crippen LogP) is 2.38. The second-order valence-electron chi connectivity index (χ2n) is 15.2. The van der Waals surface area contributed by atoms with Crippen molar-refractivity contribution in [3.8, 4) is 0 Å². The average molecular weight is 662 g/mol. The average Bonchev–Trinajstić information content (AvgIpc) is 3.77. The molecule has 7 aliphatic rings. The van der Waals surface area contributed by atoms with Crippen LogP contribution in [0.15, 0.2) is 36.0 Å². The SMILES string of the molecule is CN1CCCC1CCNC(=O)C1=CN2C3CC4C(=O)c5ccccc5C(=O)C4CC3OC3C(NCCN4CCCC4)C(F)CC(C1=O)C32. The first-order chi connectivity index (χ1) is 23.3. The van der Waals surface area contributed by atoms with Crippen LogP contribution in [0.2, 0.25) is 0 Å². The van der Waals surface area contributed by atoms with E-state index in [9.17, 15) is 19.2 Å². The van der Waals surface area contributed by atoms with Crippen LogP contribution in [0.4, 0.5) is 4.39 Å². The number of amides is 1. The van der Waals surface area contributed by atoms with Crippen LogP contribution in [0, 0.1) is 17.8 Å². The number of ether oxygens (including phenoxy) is 1. The van der Waals surface area contributed by atoms with Crippen molar-refractivity contribution in [1.82, 2.24) is 25.3 Å². The lowest BCUT2D eigenvalue weighted by Crippen LogP contribution is -2.74. The van der Waals surface area contributed by atoms with Crippen LogP contribution in [-0.2, 0) is 14.3 Å². The summed E-state index contributed by atoms with van der Waals surface area (Å²) >= 11 is 0. The van der Waals surface area contributed by atoms with Gasteiger partial charge in [0.2, 0.25) is 0 Å². The third-order valence-corrected chi connectivity index (χ3v) is 12.6. The highest BCUT2D eigenvalue weighted by molar-refractivity contribution is 6.20. The zero-order chi connectivity index (χ0) is 33.1. The number of likely N-dealkylation sites (tertiary alicyclic amines) is 2. The van der Waals surface area contributed by atoms with E-state index in [4.69, 9.17) is 4.74 Å². The first kappa shape index (κ1) is 32.2. The second-order valence-corrected chi connectivity index (χ2v) is 15.2. The zero-order valence-electron chi connectivity index (χ0n) is 27.8. The number of rotatable bonds is 8. The van der Waals surface area contributed by atoms with Gasteiger partial charge in [0.25, 0.3) is 5.91 Å². The first-order valence-corrected chi connectivity index (χ1v) is 18.2. The summed E-state index contributed by atoms with van der Waals surface area (Å²) in [6.45, 7) is 5.03. The fourth-order valence-corrected chi connectivity index (χ4v) is 10.1. The van der Waals surface area contributed by atoms with Crippen molar-refractivity contribution in [2.24, 2.45) is 17.8 Å². The van der Waals surface area contributed by atoms with Crippen molar-refractivity contribution >= 4 is 23.3 Å². The Kier molecular flexibility index (Phi) is 8.76. The second kappa shape index (κ2) is 13.0. The quantitative estimate of drug-likeness (QED) is 0.406. The lowest BCUT2D eigenvalue weighted by Gasteiger charge is -2.60. The van der Waals surface area contributed by atoms with Gasteiger partial charge in [0.1, 0.15) is 6.17 Å². The van der Waals surface area contributed by atoms with Gasteiger partial charge < -0.3 is 30.1 Å². The number of fused-ring (bicyclic) bond motifs is 4. The van der Waals surface area contributed by atoms with E-state index < -0.39 is 54.1 Å². The molecule has 0 aromatic heterocycles. The summed E-state index contributed by atoms with van der Waals surface area (Å²) in [7, 11) is 2.10. The lowest BCUT2D eigenvalue weighted by atomic mass is 9.63. The third kappa shape index (κ3) is 5.54. The number of carbonyl (C=O) groups is 4. The molecule has 0 spiro atoms. The molecule has 5 fully saturated rings. The number of Topliss-reactive ketones (excluding diaryl/α,β-unsaturated/α-hetero) is 3. The number of ketones is 3. The van der Waals surface area contributed by atoms with Crippen molar-refractivity contribution in [1.29, 1.82) is 0 Å². The Hall–Kier alpha value is -2.99. The van der Waals surface area contributed by atoms with Crippen LogP contribution in [0.5, 0.6) is 0 Å². The standard InChI is InChI=1S/C37H48FN5O5/c1-41-13-6-7-21(41)10-11-40-37(47)27-20-43-29-18-24-25(34(45)23-9-3-2-8-22(23)33(24)44)19-30(29)48-36-31(39-12-16-42-14-4-5-15-42)28(38)17-26(32(36)43)35(27)46/h2-3,8-9,20-21,24-26,28-32,36,39H,4-7,10-19H2,1H3,(H,40,47). The highest BCUT2D eigenvalue weighted by atomic mass is 19.1. The maximum absolute atomic E-state index is 16.2. The summed E-state index contributed by atoms with van der Waals surface area (Å²) in [6.07, 6.45) is 5.39. The van der Waals surface area contributed by atoms with Crippen LogP contribution < -0.4 is 10.6 Å². The van der Waals surface area contributed by atoms with Crippen LogP contribution >= 0.6 is 0 Å². The predicted molar refractivity (Wildman–Crippen MR) is 176 cm³/mol. The number of halogens is 1. The molecule has 4 heterocycles. The summed E-state index contributed by atoms with van der Waals surface area (Å²) in [4.78, 5) is 62.0. The van der Waals surface area contributed by atoms with E-state index in [0.717, 1.165) is 45.4 Å². The Morgan fingerprint density at radius 1 is 0.917 bits per heavy atom. The molecule has 2 saturated carbocycles. The van der Waals surface area contributed by atoms with E-state index in [1.165, 1.54) is 12.8 Å². The largest absolute Gasteiger partial charge is 0.369 e. The minimum absolute atomic E-state index is 0.00691. The van der Waals surface area contributed by atoms with Crippen molar-refractivity contribution in [3.05, 3.63) is 47.2 Å². The monoisotopic (exact) mass is 661 g/mol. The topological polar surface area (TPSA) is 111 Å². The number of nitrogens with one attached hydrogen (secondary N) is 2. The molecule has 258 valence electrons. The summed E-state index contributed by atoms with van der Waals surface area (Å²) in [6, 6.07) is 6.03. The zero-order valence-corrected chi connectivity index (χ0v) is 27.8. The lowest BCUT2D eigenvalue weighted by molar-refractivity contribution is -0.202. The maximum Gasteiger partial charge on any atom is 0.256 e. The molecule has 10 atom stereocenters. The van der Waals surface area contributed by atoms with Gasteiger partial charge in [-0.05, 0) is 78.0 Å². The van der Waals surface area contributed by atoms with Gasteiger partial charge in [0, 0.05) is 60.8 Å². The number of morpholine rings is 1. The molecule has 10 unspecified atom stereocenters. The van der Waals surface area contributed by atoms with E-state index in [1.807, 2.05) is 0 Å². The third-order valence-electron chi connectivity index (χ3n) is 12.6. The molecule has 8 rings (SSSR count). The van der Waals surface area contributed by atoms with Gasteiger partial charge in [-0.3, -0.25) is 19.2 Å². The first-order valence-electron chi connectivity index (χ1n) is 18.2. The van der Waals surface area contributed by atoms with Gasteiger partial charge in [-0.15, -0.1) is 0 Å². The summed E-state index contributed by atoms with van der Waals surface area (Å²) in [5.74, 6) is -2.59. The normalized spacial score (nSPS) is 37.8. The molecule has 48 heavy (non-hydrogen) atoms. The number of alkyl halides is 1. The Bertz CT molecular complexity index is 1500. The molecule has 0 radical (unpaired) electrons. The van der Waals surface area contributed by atoms with E-state index in [2.05, 4.69) is 32.4 Å². The van der Waals surface area contributed by atoms with Gasteiger partial charge in [-0.25, -0.2) is 4.39 Å². The Morgan fingerprint density at radius 3 is 2.35 bits per heavy atom. The van der Waals surface area contributed by atoms with E-state index in [0.29, 0.717) is 43.1 Å². The minimum Gasteiger partial charge on any atom is -0.369 e. The fourth-order valence-electron chi connectivity index (χ4n) is 10.1. The van der Waals surface area contributed by atoms with Crippen molar-refractivity contribution in [3.63, 3.8) is 0 Å².